The summed E-state index contributed by atoms with van der Waals surface area (Å²) in [6.07, 6.45) is -4.38. The Morgan fingerprint density at radius 3 is 2.29 bits per heavy atom. The Balaban J connectivity index is 2.38. The lowest BCUT2D eigenvalue weighted by Gasteiger charge is -2.11. The van der Waals surface area contributed by atoms with E-state index in [-0.39, 0.29) is 11.5 Å². The van der Waals surface area contributed by atoms with Crippen molar-refractivity contribution in [3.63, 3.8) is 0 Å². The van der Waals surface area contributed by atoms with E-state index in [1.807, 2.05) is 0 Å². The van der Waals surface area contributed by atoms with Crippen LogP contribution >= 0.6 is 0 Å². The van der Waals surface area contributed by atoms with Crippen LogP contribution in [0, 0.1) is 0 Å². The van der Waals surface area contributed by atoms with Crippen LogP contribution in [-0.2, 0) is 0 Å². The van der Waals surface area contributed by atoms with Gasteiger partial charge in [0, 0.05) is 10.8 Å². The number of phenols is 1. The Labute approximate surface area is 95.2 Å². The third kappa shape index (κ3) is 2.61. The zero-order valence-electron chi connectivity index (χ0n) is 8.66. The quantitative estimate of drug-likeness (QED) is 0.873. The van der Waals surface area contributed by atoms with Crippen molar-refractivity contribution in [1.29, 1.82) is 0 Å². The lowest BCUT2D eigenvalue weighted by Crippen LogP contribution is -2.19. The number of hydrogen-bond acceptors (Lipinski definition) is 2. The molecule has 2 nitrogen and oxygen atoms in total. The molecule has 0 radical (unpaired) electrons. The Kier molecular flexibility index (Phi) is 2.83. The van der Waals surface area contributed by atoms with Gasteiger partial charge in [0.1, 0.15) is 11.5 Å². The first-order chi connectivity index (χ1) is 7.97. The van der Waals surface area contributed by atoms with Gasteiger partial charge in [-0.15, -0.1) is 0 Å². The van der Waals surface area contributed by atoms with E-state index in [4.69, 9.17) is 4.74 Å². The summed E-state index contributed by atoms with van der Waals surface area (Å²) in [6.45, 7) is -1.35. The normalized spacial score (nSPS) is 11.7. The number of hydrogen-bond donors (Lipinski definition) is 1. The predicted octanol–water partition coefficient (Wildman–Crippen LogP) is 3.49. The van der Waals surface area contributed by atoms with Gasteiger partial charge in [-0.25, -0.2) is 0 Å². The van der Waals surface area contributed by atoms with Gasteiger partial charge in [-0.2, -0.15) is 13.2 Å². The minimum Gasteiger partial charge on any atom is -0.507 e. The molecule has 0 saturated heterocycles. The van der Waals surface area contributed by atoms with Crippen molar-refractivity contribution in [3.05, 3.63) is 36.4 Å². The molecule has 2 aromatic carbocycles. The monoisotopic (exact) mass is 242 g/mol. The van der Waals surface area contributed by atoms with Crippen LogP contribution in [0.25, 0.3) is 10.8 Å². The third-order valence-electron chi connectivity index (χ3n) is 2.25. The van der Waals surface area contributed by atoms with Crippen molar-refractivity contribution in [2.45, 2.75) is 6.18 Å². The maximum absolute atomic E-state index is 12.0. The Bertz CT molecular complexity index is 535. The standard InChI is InChI=1S/C12H9F3O2/c13-12(14,15)7-17-11-6-5-10(16)8-3-1-2-4-9(8)11/h1-6,16H,7H2. The van der Waals surface area contributed by atoms with Gasteiger partial charge in [-0.05, 0) is 12.1 Å². The summed E-state index contributed by atoms with van der Waals surface area (Å²) in [5.74, 6) is 0.121. The zero-order chi connectivity index (χ0) is 12.5. The fraction of sp³-hybridized carbons (Fsp3) is 0.167. The van der Waals surface area contributed by atoms with Crippen molar-refractivity contribution < 1.29 is 23.0 Å². The highest BCUT2D eigenvalue weighted by atomic mass is 19.4. The van der Waals surface area contributed by atoms with Gasteiger partial charge in [-0.1, -0.05) is 24.3 Å². The molecule has 0 aliphatic heterocycles. The van der Waals surface area contributed by atoms with Crippen molar-refractivity contribution in [1.82, 2.24) is 0 Å². The minimum atomic E-state index is -4.38. The van der Waals surface area contributed by atoms with Gasteiger partial charge in [0.2, 0.25) is 0 Å². The number of fused-ring (bicyclic) bond motifs is 1. The largest absolute Gasteiger partial charge is 0.507 e. The zero-order valence-corrected chi connectivity index (χ0v) is 8.66. The summed E-state index contributed by atoms with van der Waals surface area (Å²) in [5, 5.41) is 10.5. The highest BCUT2D eigenvalue weighted by Gasteiger charge is 2.28. The number of phenolic OH excluding ortho intramolecular Hbond substituents is 1. The topological polar surface area (TPSA) is 29.5 Å². The van der Waals surface area contributed by atoms with E-state index in [0.29, 0.717) is 10.8 Å². The van der Waals surface area contributed by atoms with E-state index < -0.39 is 12.8 Å². The molecule has 1 N–H and O–H groups in total. The highest BCUT2D eigenvalue weighted by molar-refractivity contribution is 5.92. The summed E-state index contributed by atoms with van der Waals surface area (Å²) < 4.78 is 40.8. The number of alkyl halides is 3. The molecular weight excluding hydrogens is 233 g/mol. The fourth-order valence-electron chi connectivity index (χ4n) is 1.54. The molecule has 0 saturated carbocycles. The van der Waals surface area contributed by atoms with Crippen LogP contribution in [0.1, 0.15) is 0 Å². The molecule has 0 bridgehead atoms. The lowest BCUT2D eigenvalue weighted by molar-refractivity contribution is -0.153. The van der Waals surface area contributed by atoms with Gasteiger partial charge in [-0.3, -0.25) is 0 Å². The molecule has 0 aliphatic carbocycles. The fourth-order valence-corrected chi connectivity index (χ4v) is 1.54. The number of ether oxygens (including phenoxy) is 1. The Morgan fingerprint density at radius 1 is 1.00 bits per heavy atom. The van der Waals surface area contributed by atoms with E-state index in [0.717, 1.165) is 0 Å². The lowest BCUT2D eigenvalue weighted by atomic mass is 10.1. The molecule has 0 unspecified atom stereocenters. The molecule has 2 rings (SSSR count). The first-order valence-electron chi connectivity index (χ1n) is 4.87. The van der Waals surface area contributed by atoms with Crippen molar-refractivity contribution in [3.8, 4) is 11.5 Å². The van der Waals surface area contributed by atoms with Crippen molar-refractivity contribution in [2.75, 3.05) is 6.61 Å². The van der Waals surface area contributed by atoms with E-state index >= 15 is 0 Å². The van der Waals surface area contributed by atoms with Gasteiger partial charge in [0.15, 0.2) is 6.61 Å². The SMILES string of the molecule is Oc1ccc(OCC(F)(F)F)c2ccccc12. The van der Waals surface area contributed by atoms with Gasteiger partial charge < -0.3 is 9.84 Å². The van der Waals surface area contributed by atoms with E-state index in [1.165, 1.54) is 12.1 Å². The first kappa shape index (κ1) is 11.6. The molecular formula is C12H9F3O2. The minimum absolute atomic E-state index is 0.0139. The summed E-state index contributed by atoms with van der Waals surface area (Å²) in [6, 6.07) is 9.21. The average Bonchev–Trinajstić information content (AvgIpc) is 2.27. The summed E-state index contributed by atoms with van der Waals surface area (Å²) in [7, 11) is 0. The summed E-state index contributed by atoms with van der Waals surface area (Å²) in [5.41, 5.74) is 0. The molecule has 0 atom stereocenters. The number of aromatic hydroxyl groups is 1. The maximum atomic E-state index is 12.0. The Hall–Kier alpha value is -1.91. The van der Waals surface area contributed by atoms with Crippen molar-refractivity contribution in [2.24, 2.45) is 0 Å². The van der Waals surface area contributed by atoms with Crippen LogP contribution in [0.2, 0.25) is 0 Å². The van der Waals surface area contributed by atoms with Crippen molar-refractivity contribution >= 4 is 10.8 Å². The maximum Gasteiger partial charge on any atom is 0.422 e. The molecule has 0 aliphatic rings. The first-order valence-corrected chi connectivity index (χ1v) is 4.87. The smallest absolute Gasteiger partial charge is 0.422 e. The van der Waals surface area contributed by atoms with Crippen LogP contribution in [0.4, 0.5) is 13.2 Å². The second-order valence-corrected chi connectivity index (χ2v) is 3.53. The predicted molar refractivity (Wildman–Crippen MR) is 57.2 cm³/mol. The van der Waals surface area contributed by atoms with Crippen LogP contribution in [0.3, 0.4) is 0 Å². The highest BCUT2D eigenvalue weighted by Crippen LogP contribution is 2.32. The molecule has 17 heavy (non-hydrogen) atoms. The average molecular weight is 242 g/mol. The molecule has 5 heteroatoms. The number of halogens is 3. The molecule has 0 amide bonds. The number of benzene rings is 2. The van der Waals surface area contributed by atoms with E-state index in [9.17, 15) is 18.3 Å². The molecule has 2 aromatic rings. The second-order valence-electron chi connectivity index (χ2n) is 3.53. The summed E-state index contributed by atoms with van der Waals surface area (Å²) >= 11 is 0. The molecule has 0 spiro atoms. The summed E-state index contributed by atoms with van der Waals surface area (Å²) in [4.78, 5) is 0. The van der Waals surface area contributed by atoms with Crippen LogP contribution in [-0.4, -0.2) is 17.9 Å². The van der Waals surface area contributed by atoms with Gasteiger partial charge >= 0.3 is 6.18 Å². The molecule has 0 fully saturated rings. The van der Waals surface area contributed by atoms with Crippen LogP contribution < -0.4 is 4.74 Å². The Morgan fingerprint density at radius 2 is 1.65 bits per heavy atom. The molecule has 0 heterocycles. The van der Waals surface area contributed by atoms with Gasteiger partial charge in [0.05, 0.1) is 0 Å². The second kappa shape index (κ2) is 4.16. The molecule has 90 valence electrons. The van der Waals surface area contributed by atoms with Gasteiger partial charge in [0.25, 0.3) is 0 Å². The van der Waals surface area contributed by atoms with E-state index in [2.05, 4.69) is 0 Å². The number of rotatable bonds is 2. The molecule has 0 aromatic heterocycles. The van der Waals surface area contributed by atoms with Crippen LogP contribution in [0.15, 0.2) is 36.4 Å². The van der Waals surface area contributed by atoms with E-state index in [1.54, 1.807) is 24.3 Å². The van der Waals surface area contributed by atoms with Crippen LogP contribution in [0.5, 0.6) is 11.5 Å². The third-order valence-corrected chi connectivity index (χ3v) is 2.25.